The maximum atomic E-state index is 13.5. The first-order valence-corrected chi connectivity index (χ1v) is 5.33. The summed E-state index contributed by atoms with van der Waals surface area (Å²) in [7, 11) is 0. The van der Waals surface area contributed by atoms with E-state index in [1.807, 2.05) is 0 Å². The Hall–Kier alpha value is -2.56. The lowest BCUT2D eigenvalue weighted by atomic mass is 10.2. The van der Waals surface area contributed by atoms with E-state index in [-0.39, 0.29) is 11.7 Å². The van der Waals surface area contributed by atoms with E-state index in [1.54, 1.807) is 42.7 Å². The average Bonchev–Trinajstić information content (AvgIpc) is 2.90. The van der Waals surface area contributed by atoms with Crippen molar-refractivity contribution in [3.8, 4) is 22.9 Å². The highest BCUT2D eigenvalue weighted by Gasteiger charge is 2.13. The quantitative estimate of drug-likeness (QED) is 0.692. The van der Waals surface area contributed by atoms with Crippen LogP contribution in [-0.2, 0) is 0 Å². The molecule has 0 saturated heterocycles. The Balaban J connectivity index is 2.03. The van der Waals surface area contributed by atoms with Crippen LogP contribution in [-0.4, -0.2) is 15.2 Å². The molecule has 0 fully saturated rings. The second kappa shape index (κ2) is 4.37. The third kappa shape index (κ3) is 1.86. The number of halogens is 1. The molecule has 0 atom stereocenters. The number of pyridine rings is 1. The standard InChI is InChI=1S/C13H8FN3O/c14-11-4-2-1-3-10(11)13-17-16-12(18-13)9-5-7-15-8-6-9/h1-8H. The molecule has 0 aliphatic heterocycles. The predicted molar refractivity (Wildman–Crippen MR) is 62.9 cm³/mol. The minimum atomic E-state index is -0.387. The molecule has 2 heterocycles. The Morgan fingerprint density at radius 2 is 1.61 bits per heavy atom. The molecule has 0 spiro atoms. The zero-order valence-electron chi connectivity index (χ0n) is 9.25. The fourth-order valence-electron chi connectivity index (χ4n) is 1.58. The molecule has 0 bridgehead atoms. The third-order valence-corrected chi connectivity index (χ3v) is 2.46. The molecule has 18 heavy (non-hydrogen) atoms. The van der Waals surface area contributed by atoms with Crippen LogP contribution in [0.5, 0.6) is 0 Å². The van der Waals surface area contributed by atoms with E-state index in [4.69, 9.17) is 4.42 Å². The van der Waals surface area contributed by atoms with Gasteiger partial charge in [0.05, 0.1) is 5.56 Å². The van der Waals surface area contributed by atoms with Gasteiger partial charge in [0.1, 0.15) is 5.82 Å². The van der Waals surface area contributed by atoms with E-state index in [0.717, 1.165) is 5.56 Å². The summed E-state index contributed by atoms with van der Waals surface area (Å²) in [5, 5.41) is 7.74. The normalized spacial score (nSPS) is 10.5. The van der Waals surface area contributed by atoms with Gasteiger partial charge in [-0.25, -0.2) is 4.39 Å². The van der Waals surface area contributed by atoms with Crippen molar-refractivity contribution < 1.29 is 8.81 Å². The molecule has 0 N–H and O–H groups in total. The highest BCUT2D eigenvalue weighted by atomic mass is 19.1. The van der Waals surface area contributed by atoms with Gasteiger partial charge in [-0.05, 0) is 24.3 Å². The lowest BCUT2D eigenvalue weighted by Crippen LogP contribution is -1.82. The first-order chi connectivity index (χ1) is 8.84. The largest absolute Gasteiger partial charge is 0.416 e. The smallest absolute Gasteiger partial charge is 0.251 e. The van der Waals surface area contributed by atoms with E-state index >= 15 is 0 Å². The van der Waals surface area contributed by atoms with E-state index in [0.29, 0.717) is 11.5 Å². The fraction of sp³-hybridized carbons (Fsp3) is 0. The molecule has 4 nitrogen and oxygen atoms in total. The van der Waals surface area contributed by atoms with Gasteiger partial charge in [-0.15, -0.1) is 10.2 Å². The molecule has 0 radical (unpaired) electrons. The van der Waals surface area contributed by atoms with Crippen molar-refractivity contribution in [1.82, 2.24) is 15.2 Å². The van der Waals surface area contributed by atoms with Crippen molar-refractivity contribution in [2.24, 2.45) is 0 Å². The third-order valence-electron chi connectivity index (χ3n) is 2.46. The second-order valence-electron chi connectivity index (χ2n) is 3.63. The van der Waals surface area contributed by atoms with Gasteiger partial charge in [0.2, 0.25) is 5.89 Å². The van der Waals surface area contributed by atoms with Crippen LogP contribution in [0, 0.1) is 5.82 Å². The van der Waals surface area contributed by atoms with Gasteiger partial charge in [0.15, 0.2) is 0 Å². The zero-order chi connectivity index (χ0) is 12.4. The highest BCUT2D eigenvalue weighted by Crippen LogP contribution is 2.24. The van der Waals surface area contributed by atoms with E-state index in [1.165, 1.54) is 6.07 Å². The summed E-state index contributed by atoms with van der Waals surface area (Å²) in [6.45, 7) is 0. The molecule has 1 aromatic carbocycles. The molecule has 3 rings (SSSR count). The van der Waals surface area contributed by atoms with Crippen LogP contribution in [0.1, 0.15) is 0 Å². The minimum absolute atomic E-state index is 0.167. The summed E-state index contributed by atoms with van der Waals surface area (Å²) in [4.78, 5) is 3.90. The Labute approximate surface area is 102 Å². The number of aromatic nitrogens is 3. The van der Waals surface area contributed by atoms with E-state index < -0.39 is 0 Å². The summed E-state index contributed by atoms with van der Waals surface area (Å²) in [5.41, 5.74) is 1.05. The fourth-order valence-corrected chi connectivity index (χ4v) is 1.58. The summed E-state index contributed by atoms with van der Waals surface area (Å²) in [5.74, 6) is 0.123. The molecule has 88 valence electrons. The van der Waals surface area contributed by atoms with Crippen LogP contribution in [0.15, 0.2) is 53.2 Å². The SMILES string of the molecule is Fc1ccccc1-c1nnc(-c2ccncc2)o1. The van der Waals surface area contributed by atoms with Crippen LogP contribution >= 0.6 is 0 Å². The Morgan fingerprint density at radius 3 is 2.39 bits per heavy atom. The van der Waals surface area contributed by atoms with Gasteiger partial charge in [-0.2, -0.15) is 0 Å². The van der Waals surface area contributed by atoms with Crippen LogP contribution < -0.4 is 0 Å². The van der Waals surface area contributed by atoms with Gasteiger partial charge >= 0.3 is 0 Å². The first-order valence-electron chi connectivity index (χ1n) is 5.33. The molecule has 5 heteroatoms. The second-order valence-corrected chi connectivity index (χ2v) is 3.63. The monoisotopic (exact) mass is 241 g/mol. The summed E-state index contributed by atoms with van der Waals surface area (Å²) < 4.78 is 19.0. The van der Waals surface area contributed by atoms with Crippen molar-refractivity contribution in [3.63, 3.8) is 0 Å². The summed E-state index contributed by atoms with van der Waals surface area (Å²) >= 11 is 0. The number of nitrogens with zero attached hydrogens (tertiary/aromatic N) is 3. The molecule has 0 amide bonds. The molecular weight excluding hydrogens is 233 g/mol. The van der Waals surface area contributed by atoms with Crippen molar-refractivity contribution in [2.45, 2.75) is 0 Å². The molecule has 0 unspecified atom stereocenters. The van der Waals surface area contributed by atoms with E-state index in [2.05, 4.69) is 15.2 Å². The Kier molecular flexibility index (Phi) is 2.57. The van der Waals surface area contributed by atoms with Crippen molar-refractivity contribution in [3.05, 3.63) is 54.6 Å². The molecule has 0 saturated carbocycles. The average molecular weight is 241 g/mol. The lowest BCUT2D eigenvalue weighted by Gasteiger charge is -1.95. The molecule has 3 aromatic rings. The summed E-state index contributed by atoms with van der Waals surface area (Å²) in [6, 6.07) is 9.77. The molecular formula is C13H8FN3O. The summed E-state index contributed by atoms with van der Waals surface area (Å²) in [6.07, 6.45) is 3.25. The zero-order valence-corrected chi connectivity index (χ0v) is 9.25. The van der Waals surface area contributed by atoms with Crippen LogP contribution in [0.2, 0.25) is 0 Å². The van der Waals surface area contributed by atoms with Crippen molar-refractivity contribution in [2.75, 3.05) is 0 Å². The highest BCUT2D eigenvalue weighted by molar-refractivity contribution is 5.57. The van der Waals surface area contributed by atoms with Crippen molar-refractivity contribution >= 4 is 0 Å². The van der Waals surface area contributed by atoms with Gasteiger partial charge in [-0.1, -0.05) is 12.1 Å². The van der Waals surface area contributed by atoms with Gasteiger partial charge in [-0.3, -0.25) is 4.98 Å². The predicted octanol–water partition coefficient (Wildman–Crippen LogP) is 2.94. The van der Waals surface area contributed by atoms with Gasteiger partial charge in [0.25, 0.3) is 5.89 Å². The van der Waals surface area contributed by atoms with Crippen LogP contribution in [0.3, 0.4) is 0 Å². The van der Waals surface area contributed by atoms with Gasteiger partial charge < -0.3 is 4.42 Å². The number of hydrogen-bond donors (Lipinski definition) is 0. The maximum absolute atomic E-state index is 13.5. The maximum Gasteiger partial charge on any atom is 0.251 e. The Bertz CT molecular complexity index is 667. The Morgan fingerprint density at radius 1 is 0.889 bits per heavy atom. The lowest BCUT2D eigenvalue weighted by molar-refractivity contribution is 0.570. The topological polar surface area (TPSA) is 51.8 Å². The van der Waals surface area contributed by atoms with E-state index in [9.17, 15) is 4.39 Å². The van der Waals surface area contributed by atoms with Crippen molar-refractivity contribution in [1.29, 1.82) is 0 Å². The number of rotatable bonds is 2. The number of hydrogen-bond acceptors (Lipinski definition) is 4. The van der Waals surface area contributed by atoms with Crippen LogP contribution in [0.4, 0.5) is 4.39 Å². The van der Waals surface area contributed by atoms with Crippen LogP contribution in [0.25, 0.3) is 22.9 Å². The van der Waals surface area contributed by atoms with Gasteiger partial charge in [0, 0.05) is 18.0 Å². The first kappa shape index (κ1) is 10.6. The minimum Gasteiger partial charge on any atom is -0.416 e. The molecule has 0 aliphatic carbocycles. The molecule has 2 aromatic heterocycles. The number of benzene rings is 1. The molecule has 0 aliphatic rings.